The van der Waals surface area contributed by atoms with Crippen LogP contribution in [0.4, 0.5) is 0 Å². The smallest absolute Gasteiger partial charge is 0.137 e. The summed E-state index contributed by atoms with van der Waals surface area (Å²) in [6.07, 6.45) is 4.33. The Morgan fingerprint density at radius 2 is 2.16 bits per heavy atom. The number of pyridine rings is 1. The summed E-state index contributed by atoms with van der Waals surface area (Å²) < 4.78 is 5.89. The Bertz CT molecular complexity index is 688. The number of para-hydroxylation sites is 1. The number of nitrogens with two attached hydrogens (primary N) is 1. The molecule has 0 radical (unpaired) electrons. The summed E-state index contributed by atoms with van der Waals surface area (Å²) in [6.45, 7) is 2.04. The van der Waals surface area contributed by atoms with Crippen LogP contribution in [-0.2, 0) is 6.42 Å². The summed E-state index contributed by atoms with van der Waals surface area (Å²) in [7, 11) is 0. The molecule has 1 aromatic carbocycles. The predicted molar refractivity (Wildman–Crippen MR) is 75.8 cm³/mol. The number of hydrogen-bond donors (Lipinski definition) is 1. The molecule has 2 N–H and O–H groups in total. The Morgan fingerprint density at radius 1 is 1.26 bits per heavy atom. The maximum Gasteiger partial charge on any atom is 0.137 e. The molecule has 0 bridgehead atoms. The maximum atomic E-state index is 6.22. The van der Waals surface area contributed by atoms with Crippen molar-refractivity contribution in [3.63, 3.8) is 0 Å². The molecule has 0 aliphatic heterocycles. The molecular weight excluding hydrogens is 236 g/mol. The number of rotatable bonds is 3. The van der Waals surface area contributed by atoms with E-state index in [4.69, 9.17) is 10.2 Å². The second kappa shape index (κ2) is 4.86. The molecule has 3 rings (SSSR count). The van der Waals surface area contributed by atoms with Gasteiger partial charge in [0.15, 0.2) is 0 Å². The Balaban J connectivity index is 1.89. The summed E-state index contributed by atoms with van der Waals surface area (Å²) in [6, 6.07) is 12.0. The molecule has 3 nitrogen and oxygen atoms in total. The van der Waals surface area contributed by atoms with Gasteiger partial charge in [-0.1, -0.05) is 24.3 Å². The van der Waals surface area contributed by atoms with Crippen molar-refractivity contribution >= 4 is 11.0 Å². The third kappa shape index (κ3) is 2.37. The monoisotopic (exact) mass is 252 g/mol. The first kappa shape index (κ1) is 11.9. The highest BCUT2D eigenvalue weighted by molar-refractivity contribution is 5.81. The number of aryl methyl sites for hydroxylation is 1. The number of hydrogen-bond acceptors (Lipinski definition) is 3. The highest BCUT2D eigenvalue weighted by Gasteiger charge is 2.13. The first-order chi connectivity index (χ1) is 9.24. The zero-order chi connectivity index (χ0) is 13.2. The molecule has 0 aliphatic rings. The van der Waals surface area contributed by atoms with Crippen molar-refractivity contribution in [2.24, 2.45) is 5.73 Å². The van der Waals surface area contributed by atoms with E-state index >= 15 is 0 Å². The van der Waals surface area contributed by atoms with E-state index in [0.717, 1.165) is 34.3 Å². The van der Waals surface area contributed by atoms with Gasteiger partial charge in [0.05, 0.1) is 6.04 Å². The molecule has 19 heavy (non-hydrogen) atoms. The van der Waals surface area contributed by atoms with Crippen LogP contribution >= 0.6 is 0 Å². The molecule has 2 heterocycles. The summed E-state index contributed by atoms with van der Waals surface area (Å²) in [5.74, 6) is 0.827. The van der Waals surface area contributed by atoms with Gasteiger partial charge in [-0.05, 0) is 36.6 Å². The SMILES string of the molecule is Cc1cccc2cc(C(N)Cc3cccnc3)oc12. The molecule has 96 valence electrons. The fourth-order valence-corrected chi connectivity index (χ4v) is 2.28. The van der Waals surface area contributed by atoms with E-state index < -0.39 is 0 Å². The molecule has 2 aromatic heterocycles. The minimum absolute atomic E-state index is 0.143. The van der Waals surface area contributed by atoms with Crippen LogP contribution in [0.5, 0.6) is 0 Å². The zero-order valence-corrected chi connectivity index (χ0v) is 10.8. The standard InChI is InChI=1S/C16H16N2O/c1-11-4-2-6-13-9-15(19-16(11)13)14(17)8-12-5-3-7-18-10-12/h2-7,9-10,14H,8,17H2,1H3. The number of nitrogens with zero attached hydrogens (tertiary/aromatic N) is 1. The lowest BCUT2D eigenvalue weighted by Crippen LogP contribution is -2.12. The number of fused-ring (bicyclic) bond motifs is 1. The third-order valence-corrected chi connectivity index (χ3v) is 3.30. The van der Waals surface area contributed by atoms with Crippen molar-refractivity contribution in [3.8, 4) is 0 Å². The Kier molecular flexibility index (Phi) is 3.05. The van der Waals surface area contributed by atoms with E-state index in [9.17, 15) is 0 Å². The van der Waals surface area contributed by atoms with Gasteiger partial charge in [0, 0.05) is 17.8 Å². The molecule has 0 saturated heterocycles. The Hall–Kier alpha value is -2.13. The van der Waals surface area contributed by atoms with Crippen LogP contribution in [0, 0.1) is 6.92 Å². The van der Waals surface area contributed by atoms with Gasteiger partial charge in [-0.2, -0.15) is 0 Å². The molecule has 1 atom stereocenters. The number of benzene rings is 1. The molecule has 3 heteroatoms. The molecular formula is C16H16N2O. The van der Waals surface area contributed by atoms with Crippen molar-refractivity contribution in [3.05, 3.63) is 65.7 Å². The summed E-state index contributed by atoms with van der Waals surface area (Å²) >= 11 is 0. The zero-order valence-electron chi connectivity index (χ0n) is 10.8. The van der Waals surface area contributed by atoms with E-state index in [-0.39, 0.29) is 6.04 Å². The summed E-state index contributed by atoms with van der Waals surface area (Å²) in [4.78, 5) is 4.10. The van der Waals surface area contributed by atoms with Gasteiger partial charge in [-0.3, -0.25) is 4.98 Å². The largest absolute Gasteiger partial charge is 0.459 e. The lowest BCUT2D eigenvalue weighted by molar-refractivity contribution is 0.492. The molecule has 0 amide bonds. The van der Waals surface area contributed by atoms with Gasteiger partial charge in [-0.25, -0.2) is 0 Å². The first-order valence-electron chi connectivity index (χ1n) is 6.37. The van der Waals surface area contributed by atoms with Gasteiger partial charge < -0.3 is 10.2 Å². The van der Waals surface area contributed by atoms with Crippen LogP contribution in [0.15, 0.2) is 53.2 Å². The van der Waals surface area contributed by atoms with Crippen molar-refractivity contribution in [2.75, 3.05) is 0 Å². The van der Waals surface area contributed by atoms with E-state index in [1.807, 2.05) is 49.5 Å². The van der Waals surface area contributed by atoms with E-state index in [0.29, 0.717) is 0 Å². The molecule has 0 fully saturated rings. The van der Waals surface area contributed by atoms with Crippen LogP contribution in [-0.4, -0.2) is 4.98 Å². The van der Waals surface area contributed by atoms with E-state index in [1.165, 1.54) is 0 Å². The summed E-state index contributed by atoms with van der Waals surface area (Å²) in [5, 5.41) is 1.11. The van der Waals surface area contributed by atoms with Crippen LogP contribution in [0.2, 0.25) is 0 Å². The minimum atomic E-state index is -0.143. The minimum Gasteiger partial charge on any atom is -0.459 e. The highest BCUT2D eigenvalue weighted by atomic mass is 16.3. The van der Waals surface area contributed by atoms with Crippen molar-refractivity contribution in [1.29, 1.82) is 0 Å². The van der Waals surface area contributed by atoms with E-state index in [2.05, 4.69) is 4.98 Å². The molecule has 0 aliphatic carbocycles. The average molecular weight is 252 g/mol. The second-order valence-corrected chi connectivity index (χ2v) is 4.81. The summed E-state index contributed by atoms with van der Waals surface area (Å²) in [5.41, 5.74) is 9.40. The maximum absolute atomic E-state index is 6.22. The van der Waals surface area contributed by atoms with Crippen molar-refractivity contribution in [1.82, 2.24) is 4.98 Å². The normalized spacial score (nSPS) is 12.7. The van der Waals surface area contributed by atoms with E-state index in [1.54, 1.807) is 6.20 Å². The molecule has 3 aromatic rings. The van der Waals surface area contributed by atoms with Crippen molar-refractivity contribution < 1.29 is 4.42 Å². The van der Waals surface area contributed by atoms with Crippen LogP contribution in [0.25, 0.3) is 11.0 Å². The first-order valence-corrected chi connectivity index (χ1v) is 6.37. The van der Waals surface area contributed by atoms with Gasteiger partial charge in [0.25, 0.3) is 0 Å². The average Bonchev–Trinajstić information content (AvgIpc) is 2.85. The van der Waals surface area contributed by atoms with Gasteiger partial charge in [-0.15, -0.1) is 0 Å². The molecule has 0 spiro atoms. The van der Waals surface area contributed by atoms with Crippen LogP contribution < -0.4 is 5.73 Å². The van der Waals surface area contributed by atoms with Gasteiger partial charge >= 0.3 is 0 Å². The Labute approximate surface area is 112 Å². The van der Waals surface area contributed by atoms with Crippen LogP contribution in [0.1, 0.15) is 22.9 Å². The fourth-order valence-electron chi connectivity index (χ4n) is 2.28. The Morgan fingerprint density at radius 3 is 2.89 bits per heavy atom. The quantitative estimate of drug-likeness (QED) is 0.777. The fraction of sp³-hybridized carbons (Fsp3) is 0.188. The number of furan rings is 1. The topological polar surface area (TPSA) is 52.0 Å². The lowest BCUT2D eigenvalue weighted by Gasteiger charge is -2.07. The van der Waals surface area contributed by atoms with Crippen molar-refractivity contribution in [2.45, 2.75) is 19.4 Å². The van der Waals surface area contributed by atoms with Gasteiger partial charge in [0.2, 0.25) is 0 Å². The molecule has 1 unspecified atom stereocenters. The molecule has 0 saturated carbocycles. The third-order valence-electron chi connectivity index (χ3n) is 3.30. The second-order valence-electron chi connectivity index (χ2n) is 4.81. The predicted octanol–water partition coefficient (Wildman–Crippen LogP) is 3.38. The lowest BCUT2D eigenvalue weighted by atomic mass is 10.1. The number of aromatic nitrogens is 1. The highest BCUT2D eigenvalue weighted by Crippen LogP contribution is 2.26. The van der Waals surface area contributed by atoms with Gasteiger partial charge in [0.1, 0.15) is 11.3 Å². The van der Waals surface area contributed by atoms with Crippen LogP contribution in [0.3, 0.4) is 0 Å².